The van der Waals surface area contributed by atoms with Gasteiger partial charge in [-0.2, -0.15) is 5.10 Å². The molecule has 1 atom stereocenters. The number of hydrogen-bond donors (Lipinski definition) is 2. The van der Waals surface area contributed by atoms with E-state index in [1.807, 2.05) is 0 Å². The Morgan fingerprint density at radius 3 is 2.70 bits per heavy atom. The predicted octanol–water partition coefficient (Wildman–Crippen LogP) is 3.63. The lowest BCUT2D eigenvalue weighted by Crippen LogP contribution is -2.31. The van der Waals surface area contributed by atoms with E-state index in [0.717, 1.165) is 12.1 Å². The third-order valence-electron chi connectivity index (χ3n) is 4.03. The summed E-state index contributed by atoms with van der Waals surface area (Å²) < 4.78 is 59.7. The van der Waals surface area contributed by atoms with Gasteiger partial charge in [0.05, 0.1) is 35.8 Å². The zero-order valence-corrected chi connectivity index (χ0v) is 15.5. The minimum absolute atomic E-state index is 0.0541. The van der Waals surface area contributed by atoms with Crippen LogP contribution in [-0.4, -0.2) is 41.2 Å². The lowest BCUT2D eigenvalue weighted by molar-refractivity contribution is -0.275. The highest BCUT2D eigenvalue weighted by atomic mass is 19.4. The summed E-state index contributed by atoms with van der Waals surface area (Å²) in [6.07, 6.45) is -2.16. The van der Waals surface area contributed by atoms with Crippen molar-refractivity contribution in [3.8, 4) is 17.1 Å². The van der Waals surface area contributed by atoms with Crippen LogP contribution in [0.4, 0.5) is 17.6 Å². The second-order valence-corrected chi connectivity index (χ2v) is 6.09. The molecule has 3 aromatic rings. The fourth-order valence-corrected chi connectivity index (χ4v) is 2.73. The van der Waals surface area contributed by atoms with Crippen molar-refractivity contribution in [2.45, 2.75) is 12.4 Å². The lowest BCUT2D eigenvalue weighted by atomic mass is 10.1. The summed E-state index contributed by atoms with van der Waals surface area (Å²) in [5.41, 5.74) is 1.25. The van der Waals surface area contributed by atoms with Gasteiger partial charge in [-0.1, -0.05) is 12.1 Å². The summed E-state index contributed by atoms with van der Waals surface area (Å²) in [7, 11) is 1.37. The molecule has 1 aromatic carbocycles. The van der Waals surface area contributed by atoms with Gasteiger partial charge >= 0.3 is 6.36 Å². The Labute approximate surface area is 168 Å². The molecule has 0 fully saturated rings. The fourth-order valence-electron chi connectivity index (χ4n) is 2.73. The number of carbonyl (C=O) groups excluding carboxylic acids is 1. The number of hydrogen-bond acceptors (Lipinski definition) is 5. The summed E-state index contributed by atoms with van der Waals surface area (Å²) in [6, 6.07) is 7.20. The Morgan fingerprint density at radius 1 is 1.27 bits per heavy atom. The number of benzene rings is 1. The molecule has 2 heterocycles. The molecule has 30 heavy (non-hydrogen) atoms. The van der Waals surface area contributed by atoms with Crippen LogP contribution in [0, 0.1) is 5.82 Å². The number of halogens is 4. The van der Waals surface area contributed by atoms with E-state index in [4.69, 9.17) is 4.74 Å². The van der Waals surface area contributed by atoms with E-state index in [1.165, 1.54) is 19.4 Å². The van der Waals surface area contributed by atoms with Crippen LogP contribution in [0.15, 0.2) is 48.8 Å². The maximum atomic E-state index is 14.1. The number of methoxy groups -OCH3 is 1. The molecule has 0 saturated heterocycles. The number of alkyl halides is 3. The van der Waals surface area contributed by atoms with Gasteiger partial charge in [0.25, 0.3) is 5.91 Å². The normalized spacial score (nSPS) is 12.4. The zero-order chi connectivity index (χ0) is 21.7. The van der Waals surface area contributed by atoms with E-state index >= 15 is 0 Å². The van der Waals surface area contributed by atoms with Gasteiger partial charge in [-0.3, -0.25) is 14.9 Å². The van der Waals surface area contributed by atoms with E-state index < -0.39 is 29.9 Å². The fraction of sp³-hybridized carbons (Fsp3) is 0.211. The molecule has 2 aromatic heterocycles. The van der Waals surface area contributed by atoms with Crippen LogP contribution in [0.2, 0.25) is 0 Å². The average molecular weight is 424 g/mol. The molecule has 0 spiro atoms. The number of ether oxygens (including phenoxy) is 2. The monoisotopic (exact) mass is 424 g/mol. The van der Waals surface area contributed by atoms with Crippen molar-refractivity contribution in [3.63, 3.8) is 0 Å². The number of carbonyl (C=O) groups is 1. The van der Waals surface area contributed by atoms with Crippen LogP contribution >= 0.6 is 0 Å². The first-order chi connectivity index (χ1) is 14.3. The van der Waals surface area contributed by atoms with E-state index in [1.54, 1.807) is 24.4 Å². The number of amides is 1. The third kappa shape index (κ3) is 5.11. The first kappa shape index (κ1) is 21.2. The summed E-state index contributed by atoms with van der Waals surface area (Å²) >= 11 is 0. The van der Waals surface area contributed by atoms with Crippen LogP contribution in [-0.2, 0) is 4.74 Å². The number of nitrogens with zero attached hydrogens (tertiary/aromatic N) is 2. The standard InChI is InChI=1S/C19H16F4N4O3/c1-29-10-15(11-5-6-16(13(20)8-11)30-19(21,22)23)26-18(28)12-9-25-27-17(12)14-4-2-3-7-24-14/h2-9,15H,10H2,1H3,(H,25,27)(H,26,28). The molecular formula is C19H16F4N4O3. The quantitative estimate of drug-likeness (QED) is 0.566. The number of nitrogens with one attached hydrogen (secondary N) is 2. The molecule has 158 valence electrons. The molecule has 1 unspecified atom stereocenters. The van der Waals surface area contributed by atoms with E-state index in [-0.39, 0.29) is 17.7 Å². The highest BCUT2D eigenvalue weighted by molar-refractivity contribution is 5.99. The molecule has 0 aliphatic heterocycles. The van der Waals surface area contributed by atoms with Gasteiger partial charge < -0.3 is 14.8 Å². The number of pyridine rings is 1. The van der Waals surface area contributed by atoms with Crippen molar-refractivity contribution >= 4 is 5.91 Å². The van der Waals surface area contributed by atoms with Crippen molar-refractivity contribution in [2.75, 3.05) is 13.7 Å². The topological polar surface area (TPSA) is 89.1 Å². The van der Waals surface area contributed by atoms with Gasteiger partial charge in [0.1, 0.15) is 0 Å². The Hall–Kier alpha value is -3.47. The molecule has 0 saturated carbocycles. The van der Waals surface area contributed by atoms with E-state index in [0.29, 0.717) is 11.4 Å². The first-order valence-corrected chi connectivity index (χ1v) is 8.58. The van der Waals surface area contributed by atoms with Gasteiger partial charge in [0.15, 0.2) is 11.6 Å². The summed E-state index contributed by atoms with van der Waals surface area (Å²) in [5.74, 6) is -2.75. The van der Waals surface area contributed by atoms with Crippen LogP contribution in [0.1, 0.15) is 22.0 Å². The maximum absolute atomic E-state index is 14.1. The SMILES string of the molecule is COCC(NC(=O)c1cn[nH]c1-c1ccccn1)c1ccc(OC(F)(F)F)c(F)c1. The van der Waals surface area contributed by atoms with Gasteiger partial charge in [0.2, 0.25) is 0 Å². The molecule has 0 radical (unpaired) electrons. The minimum atomic E-state index is -5.02. The molecule has 2 N–H and O–H groups in total. The lowest BCUT2D eigenvalue weighted by Gasteiger charge is -2.19. The zero-order valence-electron chi connectivity index (χ0n) is 15.5. The molecule has 0 aliphatic carbocycles. The number of aromatic nitrogens is 3. The van der Waals surface area contributed by atoms with Gasteiger partial charge in [0, 0.05) is 13.3 Å². The molecule has 1 amide bonds. The number of aromatic amines is 1. The largest absolute Gasteiger partial charge is 0.573 e. The highest BCUT2D eigenvalue weighted by Crippen LogP contribution is 2.28. The van der Waals surface area contributed by atoms with Crippen molar-refractivity contribution in [2.24, 2.45) is 0 Å². The van der Waals surface area contributed by atoms with Gasteiger partial charge in [-0.15, -0.1) is 13.2 Å². The Bertz CT molecular complexity index is 1010. The summed E-state index contributed by atoms with van der Waals surface area (Å²) in [6.45, 7) is -0.0541. The van der Waals surface area contributed by atoms with Crippen LogP contribution in [0.5, 0.6) is 5.75 Å². The molecule has 11 heteroatoms. The van der Waals surface area contributed by atoms with Gasteiger partial charge in [-0.25, -0.2) is 4.39 Å². The number of rotatable bonds is 7. The Morgan fingerprint density at radius 2 is 2.07 bits per heavy atom. The van der Waals surface area contributed by atoms with Crippen molar-refractivity contribution < 1.29 is 31.8 Å². The second kappa shape index (κ2) is 8.91. The summed E-state index contributed by atoms with van der Waals surface area (Å²) in [4.78, 5) is 16.9. The van der Waals surface area contributed by atoms with E-state index in [2.05, 4.69) is 25.2 Å². The van der Waals surface area contributed by atoms with Crippen LogP contribution < -0.4 is 10.1 Å². The average Bonchev–Trinajstić information content (AvgIpc) is 3.19. The summed E-state index contributed by atoms with van der Waals surface area (Å²) in [5, 5.41) is 9.22. The molecular weight excluding hydrogens is 408 g/mol. The minimum Gasteiger partial charge on any atom is -0.403 e. The molecule has 0 aliphatic rings. The Kier molecular flexibility index (Phi) is 6.31. The number of H-pyrrole nitrogens is 1. The molecule has 3 rings (SSSR count). The van der Waals surface area contributed by atoms with E-state index in [9.17, 15) is 22.4 Å². The highest BCUT2D eigenvalue weighted by Gasteiger charge is 2.32. The van der Waals surface area contributed by atoms with Crippen molar-refractivity contribution in [3.05, 3.63) is 65.7 Å². The second-order valence-electron chi connectivity index (χ2n) is 6.09. The third-order valence-corrected chi connectivity index (χ3v) is 4.03. The smallest absolute Gasteiger partial charge is 0.403 e. The molecule has 7 nitrogen and oxygen atoms in total. The van der Waals surface area contributed by atoms with Crippen molar-refractivity contribution in [1.29, 1.82) is 0 Å². The van der Waals surface area contributed by atoms with Gasteiger partial charge in [-0.05, 0) is 29.8 Å². The Balaban J connectivity index is 1.82. The van der Waals surface area contributed by atoms with Crippen LogP contribution in [0.25, 0.3) is 11.4 Å². The predicted molar refractivity (Wildman–Crippen MR) is 97.0 cm³/mol. The first-order valence-electron chi connectivity index (χ1n) is 8.58. The maximum Gasteiger partial charge on any atom is 0.573 e. The molecule has 0 bridgehead atoms. The van der Waals surface area contributed by atoms with Crippen molar-refractivity contribution in [1.82, 2.24) is 20.5 Å². The van der Waals surface area contributed by atoms with Crippen LogP contribution in [0.3, 0.4) is 0 Å².